The Morgan fingerprint density at radius 3 is 2.52 bits per heavy atom. The molecule has 0 radical (unpaired) electrons. The van der Waals surface area contributed by atoms with E-state index in [1.165, 1.54) is 0 Å². The van der Waals surface area contributed by atoms with Crippen LogP contribution >= 0.6 is 31.9 Å². The zero-order valence-electron chi connectivity index (χ0n) is 12.2. The zero-order chi connectivity index (χ0) is 15.2. The summed E-state index contributed by atoms with van der Waals surface area (Å²) in [5.41, 5.74) is 0.802. The van der Waals surface area contributed by atoms with Crippen LogP contribution in [0.1, 0.15) is 19.8 Å². The number of nitrogens with one attached hydrogen (secondary N) is 1. The van der Waals surface area contributed by atoms with Gasteiger partial charge < -0.3 is 15.1 Å². The van der Waals surface area contributed by atoms with Crippen molar-refractivity contribution in [3.05, 3.63) is 27.1 Å². The standard InChI is InChI=1S/C15H21Br2N3O/c1-2-4-19-5-3-6-20(8-7-19)15(21)18-14-10-12(16)9-13(17)11-14/h9-11H,2-8H2,1H3,(H,18,21). The fourth-order valence-electron chi connectivity index (χ4n) is 2.54. The molecule has 0 spiro atoms. The summed E-state index contributed by atoms with van der Waals surface area (Å²) in [6.45, 7) is 6.97. The van der Waals surface area contributed by atoms with Crippen LogP contribution in [0.5, 0.6) is 0 Å². The maximum Gasteiger partial charge on any atom is 0.321 e. The number of nitrogens with zero attached hydrogens (tertiary/aromatic N) is 2. The molecule has 0 aromatic heterocycles. The van der Waals surface area contributed by atoms with Crippen molar-refractivity contribution in [1.82, 2.24) is 9.80 Å². The number of rotatable bonds is 3. The summed E-state index contributed by atoms with van der Waals surface area (Å²) < 4.78 is 1.88. The molecule has 1 fully saturated rings. The van der Waals surface area contributed by atoms with Gasteiger partial charge in [-0.1, -0.05) is 38.8 Å². The van der Waals surface area contributed by atoms with Crippen LogP contribution in [0.15, 0.2) is 27.1 Å². The molecule has 4 nitrogen and oxygen atoms in total. The van der Waals surface area contributed by atoms with E-state index in [0.717, 1.165) is 60.2 Å². The Morgan fingerprint density at radius 1 is 1.14 bits per heavy atom. The van der Waals surface area contributed by atoms with Gasteiger partial charge in [-0.3, -0.25) is 0 Å². The predicted molar refractivity (Wildman–Crippen MR) is 93.8 cm³/mol. The minimum atomic E-state index is -0.0154. The van der Waals surface area contributed by atoms with Crippen molar-refractivity contribution in [2.45, 2.75) is 19.8 Å². The lowest BCUT2D eigenvalue weighted by Gasteiger charge is -2.22. The zero-order valence-corrected chi connectivity index (χ0v) is 15.4. The highest BCUT2D eigenvalue weighted by Crippen LogP contribution is 2.23. The number of halogens is 2. The van der Waals surface area contributed by atoms with Gasteiger partial charge in [0.15, 0.2) is 0 Å². The summed E-state index contributed by atoms with van der Waals surface area (Å²) in [6, 6.07) is 5.75. The number of hydrogen-bond acceptors (Lipinski definition) is 2. The maximum atomic E-state index is 12.4. The Morgan fingerprint density at radius 2 is 1.86 bits per heavy atom. The lowest BCUT2D eigenvalue weighted by Crippen LogP contribution is -2.38. The van der Waals surface area contributed by atoms with Gasteiger partial charge in [0.25, 0.3) is 0 Å². The first-order valence-corrected chi connectivity index (χ1v) is 8.91. The molecule has 0 atom stereocenters. The molecule has 2 rings (SSSR count). The summed E-state index contributed by atoms with van der Waals surface area (Å²) in [4.78, 5) is 16.7. The minimum absolute atomic E-state index is 0.0154. The molecule has 1 heterocycles. The highest BCUT2D eigenvalue weighted by molar-refractivity contribution is 9.11. The minimum Gasteiger partial charge on any atom is -0.323 e. The third-order valence-corrected chi connectivity index (χ3v) is 4.45. The molecule has 1 aromatic carbocycles. The van der Waals surface area contributed by atoms with Crippen LogP contribution in [0.2, 0.25) is 0 Å². The second-order valence-electron chi connectivity index (χ2n) is 5.27. The van der Waals surface area contributed by atoms with E-state index in [-0.39, 0.29) is 6.03 Å². The van der Waals surface area contributed by atoms with Crippen molar-refractivity contribution in [3.8, 4) is 0 Å². The largest absolute Gasteiger partial charge is 0.323 e. The van der Waals surface area contributed by atoms with Gasteiger partial charge in [-0.05, 0) is 44.1 Å². The topological polar surface area (TPSA) is 35.6 Å². The SMILES string of the molecule is CCCN1CCCN(C(=O)Nc2cc(Br)cc(Br)c2)CC1. The Kier molecular flexibility index (Phi) is 6.51. The van der Waals surface area contributed by atoms with Crippen LogP contribution in [0, 0.1) is 0 Å². The van der Waals surface area contributed by atoms with Crippen molar-refractivity contribution >= 4 is 43.6 Å². The van der Waals surface area contributed by atoms with Gasteiger partial charge in [-0.25, -0.2) is 4.79 Å². The van der Waals surface area contributed by atoms with Gasteiger partial charge in [-0.15, -0.1) is 0 Å². The van der Waals surface area contributed by atoms with E-state index in [0.29, 0.717) is 0 Å². The number of amides is 2. The molecule has 116 valence electrons. The van der Waals surface area contributed by atoms with E-state index < -0.39 is 0 Å². The van der Waals surface area contributed by atoms with Gasteiger partial charge in [0.1, 0.15) is 0 Å². The summed E-state index contributed by atoms with van der Waals surface area (Å²) in [5.74, 6) is 0. The highest BCUT2D eigenvalue weighted by atomic mass is 79.9. The second-order valence-corrected chi connectivity index (χ2v) is 7.10. The molecule has 1 aliphatic rings. The Balaban J connectivity index is 1.93. The Bertz CT molecular complexity index is 476. The second kappa shape index (κ2) is 8.15. The van der Waals surface area contributed by atoms with Gasteiger partial charge in [0, 0.05) is 34.3 Å². The number of benzene rings is 1. The smallest absolute Gasteiger partial charge is 0.321 e. The summed E-state index contributed by atoms with van der Waals surface area (Å²) in [6.07, 6.45) is 2.20. The molecule has 6 heteroatoms. The predicted octanol–water partition coefficient (Wildman–Crippen LogP) is 4.16. The molecule has 0 unspecified atom stereocenters. The first-order chi connectivity index (χ1) is 10.1. The van der Waals surface area contributed by atoms with Gasteiger partial charge in [0.2, 0.25) is 0 Å². The first-order valence-electron chi connectivity index (χ1n) is 7.33. The quantitative estimate of drug-likeness (QED) is 0.799. The van der Waals surface area contributed by atoms with E-state index in [4.69, 9.17) is 0 Å². The lowest BCUT2D eigenvalue weighted by atomic mass is 10.3. The summed E-state index contributed by atoms with van der Waals surface area (Å²) >= 11 is 6.87. The molecule has 1 N–H and O–H groups in total. The number of hydrogen-bond donors (Lipinski definition) is 1. The molecule has 1 aromatic rings. The third-order valence-electron chi connectivity index (χ3n) is 3.53. The van der Waals surface area contributed by atoms with Crippen LogP contribution in [0.25, 0.3) is 0 Å². The molecular formula is C15H21Br2N3O. The number of carbonyl (C=O) groups excluding carboxylic acids is 1. The van der Waals surface area contributed by atoms with Crippen LogP contribution in [-0.2, 0) is 0 Å². The van der Waals surface area contributed by atoms with Crippen molar-refractivity contribution < 1.29 is 4.79 Å². The van der Waals surface area contributed by atoms with Gasteiger partial charge >= 0.3 is 6.03 Å². The number of anilines is 1. The average Bonchev–Trinajstić information content (AvgIpc) is 2.63. The van der Waals surface area contributed by atoms with Crippen molar-refractivity contribution in [2.75, 3.05) is 38.0 Å². The van der Waals surface area contributed by atoms with Crippen LogP contribution in [0.3, 0.4) is 0 Å². The number of carbonyl (C=O) groups is 1. The highest BCUT2D eigenvalue weighted by Gasteiger charge is 2.18. The number of urea groups is 1. The van der Waals surface area contributed by atoms with E-state index in [1.807, 2.05) is 23.1 Å². The van der Waals surface area contributed by atoms with Crippen molar-refractivity contribution in [1.29, 1.82) is 0 Å². The van der Waals surface area contributed by atoms with Crippen LogP contribution in [-0.4, -0.2) is 48.6 Å². The van der Waals surface area contributed by atoms with Crippen LogP contribution < -0.4 is 5.32 Å². The first kappa shape index (κ1) is 16.8. The normalized spacial score (nSPS) is 16.6. The van der Waals surface area contributed by atoms with E-state index >= 15 is 0 Å². The fourth-order valence-corrected chi connectivity index (χ4v) is 3.84. The van der Waals surface area contributed by atoms with Crippen molar-refractivity contribution in [3.63, 3.8) is 0 Å². The average molecular weight is 419 g/mol. The maximum absolute atomic E-state index is 12.4. The van der Waals surface area contributed by atoms with Gasteiger partial charge in [-0.2, -0.15) is 0 Å². The van der Waals surface area contributed by atoms with Crippen LogP contribution in [0.4, 0.5) is 10.5 Å². The molecule has 0 aliphatic carbocycles. The van der Waals surface area contributed by atoms with E-state index in [1.54, 1.807) is 0 Å². The molecule has 2 amide bonds. The van der Waals surface area contributed by atoms with E-state index in [9.17, 15) is 4.79 Å². The molecule has 1 saturated heterocycles. The Hall–Kier alpha value is -0.590. The molecule has 0 saturated carbocycles. The summed E-state index contributed by atoms with van der Waals surface area (Å²) in [7, 11) is 0. The molecule has 0 bridgehead atoms. The molecule has 1 aliphatic heterocycles. The Labute approximate surface area is 143 Å². The third kappa shape index (κ3) is 5.27. The monoisotopic (exact) mass is 417 g/mol. The van der Waals surface area contributed by atoms with Crippen molar-refractivity contribution in [2.24, 2.45) is 0 Å². The lowest BCUT2D eigenvalue weighted by molar-refractivity contribution is 0.211. The summed E-state index contributed by atoms with van der Waals surface area (Å²) in [5, 5.41) is 2.98. The molecular weight excluding hydrogens is 398 g/mol. The van der Waals surface area contributed by atoms with E-state index in [2.05, 4.69) is 49.0 Å². The van der Waals surface area contributed by atoms with Gasteiger partial charge in [0.05, 0.1) is 0 Å². The fraction of sp³-hybridized carbons (Fsp3) is 0.533. The molecule has 21 heavy (non-hydrogen) atoms.